The van der Waals surface area contributed by atoms with Crippen LogP contribution in [-0.4, -0.2) is 17.7 Å². The number of hydrogen-bond acceptors (Lipinski definition) is 3. The van der Waals surface area contributed by atoms with Crippen molar-refractivity contribution in [1.82, 2.24) is 5.32 Å². The van der Waals surface area contributed by atoms with Crippen LogP contribution in [0.15, 0.2) is 6.07 Å². The zero-order valence-electron chi connectivity index (χ0n) is 9.29. The van der Waals surface area contributed by atoms with Crippen molar-refractivity contribution in [2.75, 3.05) is 6.54 Å². The van der Waals surface area contributed by atoms with E-state index in [-0.39, 0.29) is 6.10 Å². The van der Waals surface area contributed by atoms with Crippen molar-refractivity contribution in [3.05, 3.63) is 21.4 Å². The van der Waals surface area contributed by atoms with Crippen LogP contribution in [0.2, 0.25) is 0 Å². The summed E-state index contributed by atoms with van der Waals surface area (Å²) in [6, 6.07) is 2.50. The molecule has 14 heavy (non-hydrogen) atoms. The Morgan fingerprint density at radius 2 is 2.07 bits per heavy atom. The van der Waals surface area contributed by atoms with Crippen molar-refractivity contribution in [2.24, 2.45) is 0 Å². The lowest BCUT2D eigenvalue weighted by molar-refractivity contribution is 0.171. The van der Waals surface area contributed by atoms with Crippen molar-refractivity contribution in [3.63, 3.8) is 0 Å². The van der Waals surface area contributed by atoms with Crippen molar-refractivity contribution < 1.29 is 5.11 Å². The van der Waals surface area contributed by atoms with Crippen LogP contribution in [0.3, 0.4) is 0 Å². The molecule has 0 amide bonds. The molecular formula is C11H19NOS. The van der Waals surface area contributed by atoms with Gasteiger partial charge in [0.25, 0.3) is 0 Å². The highest BCUT2D eigenvalue weighted by Crippen LogP contribution is 2.25. The molecule has 0 saturated carbocycles. The Labute approximate surface area is 90.0 Å². The summed E-state index contributed by atoms with van der Waals surface area (Å²) in [5, 5.41) is 13.1. The zero-order valence-corrected chi connectivity index (χ0v) is 10.1. The van der Waals surface area contributed by atoms with Crippen molar-refractivity contribution in [1.29, 1.82) is 0 Å². The molecule has 1 rings (SSSR count). The second-order valence-electron chi connectivity index (χ2n) is 3.95. The Kier molecular flexibility index (Phi) is 4.11. The summed E-state index contributed by atoms with van der Waals surface area (Å²) in [4.78, 5) is 2.49. The van der Waals surface area contributed by atoms with E-state index in [0.717, 1.165) is 5.56 Å². The van der Waals surface area contributed by atoms with E-state index in [1.165, 1.54) is 9.75 Å². The van der Waals surface area contributed by atoms with Gasteiger partial charge >= 0.3 is 0 Å². The number of nitrogens with one attached hydrogen (secondary N) is 1. The van der Waals surface area contributed by atoms with Crippen molar-refractivity contribution in [3.8, 4) is 0 Å². The van der Waals surface area contributed by atoms with Crippen LogP contribution in [0.1, 0.15) is 35.3 Å². The molecule has 0 bridgehead atoms. The Morgan fingerprint density at radius 3 is 2.50 bits per heavy atom. The Morgan fingerprint density at radius 1 is 1.43 bits per heavy atom. The molecule has 1 heterocycles. The van der Waals surface area contributed by atoms with Gasteiger partial charge in [-0.25, -0.2) is 0 Å². The SMILES string of the molecule is Cc1cc(C(O)CNC(C)C)c(C)s1. The molecule has 0 saturated heterocycles. The van der Waals surface area contributed by atoms with E-state index < -0.39 is 0 Å². The highest BCUT2D eigenvalue weighted by atomic mass is 32.1. The molecule has 2 N–H and O–H groups in total. The first-order valence-electron chi connectivity index (χ1n) is 4.99. The van der Waals surface area contributed by atoms with Gasteiger partial charge in [-0.2, -0.15) is 0 Å². The third-order valence-corrected chi connectivity index (χ3v) is 3.14. The number of aryl methyl sites for hydroxylation is 2. The minimum absolute atomic E-state index is 0.373. The number of aliphatic hydroxyl groups excluding tert-OH is 1. The summed E-state index contributed by atoms with van der Waals surface area (Å²) in [6.07, 6.45) is -0.373. The average molecular weight is 213 g/mol. The van der Waals surface area contributed by atoms with Gasteiger partial charge in [-0.3, -0.25) is 0 Å². The van der Waals surface area contributed by atoms with Crippen LogP contribution in [-0.2, 0) is 0 Å². The van der Waals surface area contributed by atoms with Crippen LogP contribution >= 0.6 is 11.3 Å². The fourth-order valence-corrected chi connectivity index (χ4v) is 2.42. The Balaban J connectivity index is 2.60. The molecule has 0 aromatic carbocycles. The first-order valence-corrected chi connectivity index (χ1v) is 5.80. The zero-order chi connectivity index (χ0) is 10.7. The van der Waals surface area contributed by atoms with E-state index in [9.17, 15) is 5.11 Å². The van der Waals surface area contributed by atoms with Gasteiger partial charge in [-0.15, -0.1) is 11.3 Å². The van der Waals surface area contributed by atoms with Gasteiger partial charge in [-0.05, 0) is 25.5 Å². The van der Waals surface area contributed by atoms with Crippen LogP contribution < -0.4 is 5.32 Å². The maximum atomic E-state index is 9.91. The van der Waals surface area contributed by atoms with Gasteiger partial charge in [0.1, 0.15) is 0 Å². The van der Waals surface area contributed by atoms with E-state index in [1.807, 2.05) is 0 Å². The number of thiophene rings is 1. The molecule has 1 atom stereocenters. The minimum Gasteiger partial charge on any atom is -0.387 e. The Bertz CT molecular complexity index is 293. The van der Waals surface area contributed by atoms with Crippen molar-refractivity contribution in [2.45, 2.75) is 39.8 Å². The topological polar surface area (TPSA) is 32.3 Å². The maximum absolute atomic E-state index is 9.91. The molecule has 0 aliphatic heterocycles. The highest BCUT2D eigenvalue weighted by Gasteiger charge is 2.12. The van der Waals surface area contributed by atoms with Crippen molar-refractivity contribution >= 4 is 11.3 Å². The number of hydrogen-bond donors (Lipinski definition) is 2. The summed E-state index contributed by atoms with van der Waals surface area (Å²) in [5.74, 6) is 0. The number of rotatable bonds is 4. The highest BCUT2D eigenvalue weighted by molar-refractivity contribution is 7.12. The summed E-state index contributed by atoms with van der Waals surface area (Å²) >= 11 is 1.74. The fourth-order valence-electron chi connectivity index (χ4n) is 1.44. The lowest BCUT2D eigenvalue weighted by Crippen LogP contribution is -2.27. The van der Waals surface area contributed by atoms with E-state index in [4.69, 9.17) is 0 Å². The molecule has 1 aromatic rings. The maximum Gasteiger partial charge on any atom is 0.0925 e. The molecule has 0 spiro atoms. The summed E-state index contributed by atoms with van der Waals surface area (Å²) in [6.45, 7) is 8.93. The van der Waals surface area contributed by atoms with Crippen LogP contribution in [0.5, 0.6) is 0 Å². The lowest BCUT2D eigenvalue weighted by Gasteiger charge is -2.13. The Hall–Kier alpha value is -0.380. The normalized spacial score (nSPS) is 13.6. The predicted molar refractivity (Wildman–Crippen MR) is 61.9 cm³/mol. The molecule has 0 radical (unpaired) electrons. The first-order chi connectivity index (χ1) is 6.50. The first kappa shape index (κ1) is 11.7. The van der Waals surface area contributed by atoms with Crippen LogP contribution in [0.4, 0.5) is 0 Å². The quantitative estimate of drug-likeness (QED) is 0.805. The van der Waals surface area contributed by atoms with Gasteiger partial charge in [0.05, 0.1) is 6.10 Å². The molecule has 1 aromatic heterocycles. The molecule has 3 heteroatoms. The van der Waals surface area contributed by atoms with Gasteiger partial charge in [0.2, 0.25) is 0 Å². The van der Waals surface area contributed by atoms with E-state index in [1.54, 1.807) is 11.3 Å². The number of aliphatic hydroxyl groups is 1. The summed E-state index contributed by atoms with van der Waals surface area (Å²) < 4.78 is 0. The molecular weight excluding hydrogens is 194 g/mol. The summed E-state index contributed by atoms with van der Waals surface area (Å²) in [7, 11) is 0. The largest absolute Gasteiger partial charge is 0.387 e. The van der Waals surface area contributed by atoms with Gasteiger partial charge in [0.15, 0.2) is 0 Å². The van der Waals surface area contributed by atoms with Crippen LogP contribution in [0, 0.1) is 13.8 Å². The molecule has 0 aliphatic rings. The second kappa shape index (κ2) is 4.91. The standard InChI is InChI=1S/C11H19NOS/c1-7(2)12-6-11(13)10-5-8(3)14-9(10)4/h5,7,11-13H,6H2,1-4H3. The van der Waals surface area contributed by atoms with Crippen LogP contribution in [0.25, 0.3) is 0 Å². The summed E-state index contributed by atoms with van der Waals surface area (Å²) in [5.41, 5.74) is 1.07. The smallest absolute Gasteiger partial charge is 0.0925 e. The predicted octanol–water partition coefficient (Wildman–Crippen LogP) is 2.40. The molecule has 80 valence electrons. The van der Waals surface area contributed by atoms with Gasteiger partial charge < -0.3 is 10.4 Å². The average Bonchev–Trinajstić information content (AvgIpc) is 2.41. The molecule has 0 fully saturated rings. The van der Waals surface area contributed by atoms with E-state index in [2.05, 4.69) is 39.1 Å². The third-order valence-electron chi connectivity index (χ3n) is 2.16. The fraction of sp³-hybridized carbons (Fsp3) is 0.636. The van der Waals surface area contributed by atoms with Gasteiger partial charge in [0, 0.05) is 22.3 Å². The third kappa shape index (κ3) is 3.08. The minimum atomic E-state index is -0.373. The monoisotopic (exact) mass is 213 g/mol. The lowest BCUT2D eigenvalue weighted by atomic mass is 10.1. The molecule has 1 unspecified atom stereocenters. The van der Waals surface area contributed by atoms with Gasteiger partial charge in [-0.1, -0.05) is 13.8 Å². The molecule has 0 aliphatic carbocycles. The van der Waals surface area contributed by atoms with E-state index in [0.29, 0.717) is 12.6 Å². The second-order valence-corrected chi connectivity index (χ2v) is 5.41. The molecule has 2 nitrogen and oxygen atoms in total. The van der Waals surface area contributed by atoms with E-state index >= 15 is 0 Å².